The van der Waals surface area contributed by atoms with Crippen molar-refractivity contribution in [1.29, 1.82) is 0 Å². The van der Waals surface area contributed by atoms with Crippen molar-refractivity contribution >= 4 is 44.7 Å². The zero-order valence-corrected chi connectivity index (χ0v) is 22.6. The molecule has 2 aromatic carbocycles. The van der Waals surface area contributed by atoms with E-state index in [4.69, 9.17) is 9.47 Å². The maximum absolute atomic E-state index is 13.3. The van der Waals surface area contributed by atoms with Crippen LogP contribution in [0.5, 0.6) is 11.5 Å². The minimum atomic E-state index is -4.05. The lowest BCUT2D eigenvalue weighted by atomic mass is 10.1. The molecule has 13 nitrogen and oxygen atoms in total. The molecule has 40 heavy (non-hydrogen) atoms. The molecule has 2 aliphatic rings. The first-order valence-electron chi connectivity index (χ1n) is 12.6. The number of hydrogen-bond acceptors (Lipinski definition) is 9. The van der Waals surface area contributed by atoms with Gasteiger partial charge in [0.2, 0.25) is 17.7 Å². The number of sulfonamides is 1. The Morgan fingerprint density at radius 3 is 2.70 bits per heavy atom. The van der Waals surface area contributed by atoms with Gasteiger partial charge in [-0.2, -0.15) is 0 Å². The highest BCUT2D eigenvalue weighted by atomic mass is 32.3. The Labute approximate surface area is 229 Å². The van der Waals surface area contributed by atoms with Gasteiger partial charge < -0.3 is 19.3 Å². The van der Waals surface area contributed by atoms with Crippen molar-refractivity contribution in [3.05, 3.63) is 52.6 Å². The maximum Gasteiger partial charge on any atom is 0.262 e. The second kappa shape index (κ2) is 10.8. The number of anilines is 1. The number of aromatic nitrogens is 2. The van der Waals surface area contributed by atoms with Crippen molar-refractivity contribution in [2.24, 2.45) is 0 Å². The molecule has 0 saturated carbocycles. The van der Waals surface area contributed by atoms with Crippen LogP contribution in [0.15, 0.2) is 46.1 Å². The summed E-state index contributed by atoms with van der Waals surface area (Å²) in [4.78, 5) is 54.6. The van der Waals surface area contributed by atoms with E-state index in [9.17, 15) is 27.9 Å². The van der Waals surface area contributed by atoms with Crippen molar-refractivity contribution < 1.29 is 32.6 Å². The Hall–Kier alpha value is -4.14. The van der Waals surface area contributed by atoms with Crippen LogP contribution < -0.4 is 25.7 Å². The molecule has 14 heteroatoms. The molecular formula is C26H27N5O8S. The Morgan fingerprint density at radius 2 is 1.95 bits per heavy atom. The number of hydrogen-bond donors (Lipinski definition) is 2. The minimum Gasteiger partial charge on any atom is -0.593 e. The zero-order chi connectivity index (χ0) is 28.6. The van der Waals surface area contributed by atoms with Crippen LogP contribution >= 0.6 is 0 Å². The molecular weight excluding hydrogens is 542 g/mol. The molecule has 0 bridgehead atoms. The SMILES string of the molecule is Cc1nc2c(NC(=O)CN(C)[S+](=O)([O-])c3ccc4c(c3)OCCCO4)cccc2c(=O)n1C1CCC(=O)NC1=O. The van der Waals surface area contributed by atoms with E-state index in [0.29, 0.717) is 31.1 Å². The molecule has 0 aliphatic carbocycles. The number of fused-ring (bicyclic) bond motifs is 2. The molecule has 2 unspecified atom stereocenters. The predicted octanol–water partition coefficient (Wildman–Crippen LogP) is 1.32. The number of aryl methyl sites for hydroxylation is 1. The van der Waals surface area contributed by atoms with E-state index in [-0.39, 0.29) is 40.2 Å². The number of piperidine rings is 1. The van der Waals surface area contributed by atoms with Gasteiger partial charge in [-0.1, -0.05) is 10.3 Å². The molecule has 1 fully saturated rings. The number of amides is 3. The number of nitrogens with zero attached hydrogens (tertiary/aromatic N) is 3. The third-order valence-electron chi connectivity index (χ3n) is 6.70. The van der Waals surface area contributed by atoms with Crippen molar-refractivity contribution in [2.75, 3.05) is 32.1 Å². The number of likely N-dealkylation sites (N-methyl/N-ethyl adjacent to an activating group) is 1. The summed E-state index contributed by atoms with van der Waals surface area (Å²) >= 11 is 0. The summed E-state index contributed by atoms with van der Waals surface area (Å²) in [6, 6.07) is 8.00. The standard InChI is InChI=1S/C26H27N5O8S/c1-15-27-24-17(26(35)31(15)19-8-10-22(32)29-25(19)34)5-3-6-18(24)28-23(33)14-30(2)40(36,37)16-7-9-20-21(13-16)39-12-4-11-38-20/h3,5-7,9,13,19H,4,8,10-12,14H2,1-2H3,(H2-,28,29,32,33,34,36,37). The van der Waals surface area contributed by atoms with Gasteiger partial charge in [0.05, 0.1) is 24.3 Å². The van der Waals surface area contributed by atoms with E-state index in [2.05, 4.69) is 15.6 Å². The molecule has 210 valence electrons. The Bertz CT molecular complexity index is 1640. The maximum atomic E-state index is 13.3. The molecule has 0 radical (unpaired) electrons. The van der Waals surface area contributed by atoms with Gasteiger partial charge in [-0.05, 0) is 37.6 Å². The number of ether oxygens (including phenoxy) is 2. The lowest BCUT2D eigenvalue weighted by Crippen LogP contribution is -2.45. The van der Waals surface area contributed by atoms with Gasteiger partial charge in [0.1, 0.15) is 23.9 Å². The van der Waals surface area contributed by atoms with Crippen LogP contribution in [0.4, 0.5) is 5.69 Å². The zero-order valence-electron chi connectivity index (χ0n) is 21.8. The van der Waals surface area contributed by atoms with Gasteiger partial charge in [-0.25, -0.2) is 4.98 Å². The summed E-state index contributed by atoms with van der Waals surface area (Å²) in [5, 5.41) is 5.03. The van der Waals surface area contributed by atoms with E-state index in [1.807, 2.05) is 0 Å². The first-order valence-corrected chi connectivity index (χ1v) is 14.0. The number of nitrogens with one attached hydrogen (secondary N) is 2. The largest absolute Gasteiger partial charge is 0.593 e. The van der Waals surface area contributed by atoms with Gasteiger partial charge in [-0.15, -0.1) is 4.31 Å². The predicted molar refractivity (Wildman–Crippen MR) is 143 cm³/mol. The van der Waals surface area contributed by atoms with Crippen LogP contribution in [0.1, 0.15) is 31.1 Å². The average molecular weight is 570 g/mol. The topological polar surface area (TPSA) is 172 Å². The van der Waals surface area contributed by atoms with Gasteiger partial charge in [0, 0.05) is 26.0 Å². The fourth-order valence-corrected chi connectivity index (χ4v) is 5.83. The summed E-state index contributed by atoms with van der Waals surface area (Å²) in [7, 11) is -2.77. The third kappa shape index (κ3) is 5.20. The quantitative estimate of drug-likeness (QED) is 0.328. The Kier molecular flexibility index (Phi) is 7.40. The fourth-order valence-electron chi connectivity index (χ4n) is 4.69. The summed E-state index contributed by atoms with van der Waals surface area (Å²) in [5.74, 6) is -0.639. The second-order valence-electron chi connectivity index (χ2n) is 9.47. The highest BCUT2D eigenvalue weighted by molar-refractivity contribution is 7.95. The Morgan fingerprint density at radius 1 is 1.20 bits per heavy atom. The van der Waals surface area contributed by atoms with Crippen molar-refractivity contribution in [3.63, 3.8) is 0 Å². The summed E-state index contributed by atoms with van der Waals surface area (Å²) in [6.07, 6.45) is 0.933. The van der Waals surface area contributed by atoms with Crippen LogP contribution in [0, 0.1) is 6.92 Å². The number of benzene rings is 2. The highest BCUT2D eigenvalue weighted by Gasteiger charge is 2.32. The number of carbonyl (C=O) groups is 3. The van der Waals surface area contributed by atoms with Gasteiger partial charge in [0.25, 0.3) is 5.56 Å². The molecule has 1 saturated heterocycles. The molecule has 2 aliphatic heterocycles. The van der Waals surface area contributed by atoms with Crippen LogP contribution in [0.2, 0.25) is 0 Å². The molecule has 3 heterocycles. The summed E-state index contributed by atoms with van der Waals surface area (Å²) in [5.41, 5.74) is -0.1000. The van der Waals surface area contributed by atoms with Crippen molar-refractivity contribution in [2.45, 2.75) is 37.1 Å². The average Bonchev–Trinajstić information content (AvgIpc) is 3.15. The van der Waals surface area contributed by atoms with Gasteiger partial charge in [0.15, 0.2) is 26.8 Å². The number of para-hydroxylation sites is 1. The second-order valence-corrected chi connectivity index (χ2v) is 11.5. The molecule has 2 atom stereocenters. The molecule has 2 N–H and O–H groups in total. The van der Waals surface area contributed by atoms with Crippen LogP contribution in [-0.4, -0.2) is 62.9 Å². The smallest absolute Gasteiger partial charge is 0.262 e. The first-order chi connectivity index (χ1) is 19.1. The molecule has 3 amide bonds. The number of rotatable bonds is 6. The van der Waals surface area contributed by atoms with E-state index < -0.39 is 46.3 Å². The van der Waals surface area contributed by atoms with E-state index in [0.717, 1.165) is 4.31 Å². The van der Waals surface area contributed by atoms with E-state index in [1.54, 1.807) is 19.1 Å². The number of carbonyl (C=O) groups excluding carboxylic acids is 3. The summed E-state index contributed by atoms with van der Waals surface area (Å²) < 4.78 is 39.6. The normalized spacial score (nSPS) is 18.6. The molecule has 0 spiro atoms. The van der Waals surface area contributed by atoms with Crippen molar-refractivity contribution in [1.82, 2.24) is 19.2 Å². The fraction of sp³-hybridized carbons (Fsp3) is 0.346. The summed E-state index contributed by atoms with van der Waals surface area (Å²) in [6.45, 7) is 1.90. The monoisotopic (exact) mass is 569 g/mol. The molecule has 5 rings (SSSR count). The van der Waals surface area contributed by atoms with E-state index in [1.165, 1.54) is 35.9 Å². The molecule has 1 aromatic heterocycles. The van der Waals surface area contributed by atoms with Gasteiger partial charge >= 0.3 is 0 Å². The van der Waals surface area contributed by atoms with Crippen LogP contribution in [0.25, 0.3) is 10.9 Å². The van der Waals surface area contributed by atoms with Crippen molar-refractivity contribution in [3.8, 4) is 11.5 Å². The van der Waals surface area contributed by atoms with Crippen LogP contribution in [0.3, 0.4) is 0 Å². The molecule has 3 aromatic rings. The number of imide groups is 1. The first kappa shape index (κ1) is 27.4. The van der Waals surface area contributed by atoms with Gasteiger partial charge in [-0.3, -0.25) is 29.1 Å². The lowest BCUT2D eigenvalue weighted by molar-refractivity contribution is -0.135. The van der Waals surface area contributed by atoms with Crippen LogP contribution in [-0.2, 0) is 29.0 Å². The highest BCUT2D eigenvalue weighted by Crippen LogP contribution is 2.34. The van der Waals surface area contributed by atoms with E-state index >= 15 is 0 Å². The lowest BCUT2D eigenvalue weighted by Gasteiger charge is -2.25. The third-order valence-corrected chi connectivity index (χ3v) is 8.50. The Balaban J connectivity index is 1.36. The minimum absolute atomic E-state index is 0.0523.